The fraction of sp³-hybridized carbons (Fsp3) is 0.273. The number of aromatic nitrogens is 2. The molecule has 7 heteroatoms. The van der Waals surface area contributed by atoms with Crippen molar-refractivity contribution in [3.63, 3.8) is 0 Å². The molecule has 5 nitrogen and oxygen atoms in total. The van der Waals surface area contributed by atoms with E-state index >= 15 is 0 Å². The Hall–Kier alpha value is -2.93. The average Bonchev–Trinajstić information content (AvgIpc) is 3.07. The van der Waals surface area contributed by atoms with Crippen LogP contribution in [0.5, 0.6) is 5.75 Å². The number of nitrogens with zero attached hydrogens (tertiary/aromatic N) is 1. The molecule has 0 saturated heterocycles. The third-order valence-electron chi connectivity index (χ3n) is 4.47. The lowest BCUT2D eigenvalue weighted by atomic mass is 9.87. The Balaban J connectivity index is 1.58. The molecule has 1 aromatic heterocycles. The zero-order valence-corrected chi connectivity index (χ0v) is 17.5. The maximum absolute atomic E-state index is 13.2. The molecule has 0 spiro atoms. The largest absolute Gasteiger partial charge is 0.492 e. The first-order valence-electron chi connectivity index (χ1n) is 9.33. The zero-order chi connectivity index (χ0) is 21.0. The van der Waals surface area contributed by atoms with E-state index < -0.39 is 0 Å². The summed E-state index contributed by atoms with van der Waals surface area (Å²) in [5, 5.41) is 2.81. The van der Waals surface area contributed by atoms with E-state index in [1.165, 1.54) is 23.9 Å². The van der Waals surface area contributed by atoms with Crippen LogP contribution < -0.4 is 10.1 Å². The third kappa shape index (κ3) is 5.12. The molecule has 0 aliphatic rings. The number of hydrogen-bond acceptors (Lipinski definition) is 3. The van der Waals surface area contributed by atoms with Gasteiger partial charge in [0.05, 0.1) is 6.54 Å². The Labute approximate surface area is 174 Å². The summed E-state index contributed by atoms with van der Waals surface area (Å²) in [5.41, 5.74) is 2.27. The molecule has 0 aliphatic heterocycles. The standard InChI is InChI=1S/C22H24FN3O2S/c1-22(2,3)15-4-10-18(11-5-15)28-13-12-24-20(27)19-14-25-21(29)26(19)17-8-6-16(23)7-9-17/h4-11,14H,12-13H2,1-3H3,(H,24,27)(H,25,29). The molecule has 1 heterocycles. The summed E-state index contributed by atoms with van der Waals surface area (Å²) in [7, 11) is 0. The maximum Gasteiger partial charge on any atom is 0.269 e. The maximum atomic E-state index is 13.2. The molecule has 1 amide bonds. The Morgan fingerprint density at radius 2 is 1.79 bits per heavy atom. The van der Waals surface area contributed by atoms with Gasteiger partial charge in [-0.2, -0.15) is 0 Å². The lowest BCUT2D eigenvalue weighted by Gasteiger charge is -2.19. The number of carbonyl (C=O) groups excluding carboxylic acids is 1. The minimum Gasteiger partial charge on any atom is -0.492 e. The number of halogens is 1. The lowest BCUT2D eigenvalue weighted by molar-refractivity contribution is 0.0940. The van der Waals surface area contributed by atoms with Crippen LogP contribution in [0.4, 0.5) is 4.39 Å². The average molecular weight is 414 g/mol. The molecule has 0 radical (unpaired) electrons. The smallest absolute Gasteiger partial charge is 0.269 e. The van der Waals surface area contributed by atoms with Gasteiger partial charge >= 0.3 is 0 Å². The molecule has 2 aromatic carbocycles. The normalized spacial score (nSPS) is 11.3. The van der Waals surface area contributed by atoms with Crippen LogP contribution in [0.25, 0.3) is 5.69 Å². The highest BCUT2D eigenvalue weighted by Gasteiger charge is 2.15. The van der Waals surface area contributed by atoms with Crippen LogP contribution in [0.3, 0.4) is 0 Å². The second-order valence-corrected chi connectivity index (χ2v) is 8.06. The van der Waals surface area contributed by atoms with Crippen molar-refractivity contribution in [3.05, 3.63) is 76.6 Å². The van der Waals surface area contributed by atoms with Crippen molar-refractivity contribution in [2.24, 2.45) is 0 Å². The second-order valence-electron chi connectivity index (χ2n) is 7.67. The predicted octanol–water partition coefficient (Wildman–Crippen LogP) is 4.78. The molecule has 29 heavy (non-hydrogen) atoms. The molecule has 0 unspecified atom stereocenters. The quantitative estimate of drug-likeness (QED) is 0.452. The van der Waals surface area contributed by atoms with Gasteiger partial charge in [0.25, 0.3) is 5.91 Å². The van der Waals surface area contributed by atoms with Crippen molar-refractivity contribution in [1.29, 1.82) is 0 Å². The van der Waals surface area contributed by atoms with Crippen LogP contribution in [0.2, 0.25) is 0 Å². The first-order valence-corrected chi connectivity index (χ1v) is 9.74. The first kappa shape index (κ1) is 20.8. The molecule has 3 aromatic rings. The topological polar surface area (TPSA) is 59.0 Å². The van der Waals surface area contributed by atoms with Crippen molar-refractivity contribution in [1.82, 2.24) is 14.9 Å². The monoisotopic (exact) mass is 413 g/mol. The summed E-state index contributed by atoms with van der Waals surface area (Å²) in [6.07, 6.45) is 1.53. The molecule has 2 N–H and O–H groups in total. The van der Waals surface area contributed by atoms with E-state index in [1.54, 1.807) is 16.7 Å². The fourth-order valence-corrected chi connectivity index (χ4v) is 3.12. The summed E-state index contributed by atoms with van der Waals surface area (Å²) in [6.45, 7) is 7.15. The van der Waals surface area contributed by atoms with Crippen LogP contribution in [-0.2, 0) is 5.41 Å². The van der Waals surface area contributed by atoms with Crippen molar-refractivity contribution < 1.29 is 13.9 Å². The number of amides is 1. The van der Waals surface area contributed by atoms with Gasteiger partial charge in [0.15, 0.2) is 4.77 Å². The number of benzene rings is 2. The fourth-order valence-electron chi connectivity index (χ4n) is 2.86. The van der Waals surface area contributed by atoms with Gasteiger partial charge in [0.1, 0.15) is 23.9 Å². The molecular weight excluding hydrogens is 389 g/mol. The number of hydrogen-bond donors (Lipinski definition) is 2. The first-order chi connectivity index (χ1) is 13.8. The molecule has 0 bridgehead atoms. The van der Waals surface area contributed by atoms with Gasteiger partial charge in [-0.25, -0.2) is 4.39 Å². The second kappa shape index (κ2) is 8.61. The van der Waals surface area contributed by atoms with Gasteiger partial charge in [0.2, 0.25) is 0 Å². The number of nitrogens with one attached hydrogen (secondary N) is 2. The summed E-state index contributed by atoms with van der Waals surface area (Å²) in [4.78, 5) is 15.4. The SMILES string of the molecule is CC(C)(C)c1ccc(OCCNC(=O)c2c[nH]c(=S)n2-c2ccc(F)cc2)cc1. The van der Waals surface area contributed by atoms with Gasteiger partial charge in [-0.15, -0.1) is 0 Å². The molecule has 0 aliphatic carbocycles. The van der Waals surface area contributed by atoms with Crippen molar-refractivity contribution in [2.45, 2.75) is 26.2 Å². The van der Waals surface area contributed by atoms with Crippen LogP contribution in [0, 0.1) is 10.6 Å². The van der Waals surface area contributed by atoms with E-state index in [9.17, 15) is 9.18 Å². The number of ether oxygens (including phenoxy) is 1. The molecule has 0 saturated carbocycles. The van der Waals surface area contributed by atoms with Gasteiger partial charge in [0, 0.05) is 11.9 Å². The van der Waals surface area contributed by atoms with Crippen LogP contribution in [0.1, 0.15) is 36.8 Å². The van der Waals surface area contributed by atoms with E-state index in [0.29, 0.717) is 29.3 Å². The third-order valence-corrected chi connectivity index (χ3v) is 4.77. The molecule has 152 valence electrons. The molecule has 3 rings (SSSR count). The summed E-state index contributed by atoms with van der Waals surface area (Å²) in [6, 6.07) is 13.7. The number of aromatic amines is 1. The molecular formula is C22H24FN3O2S. The Bertz CT molecular complexity index is 1030. The number of H-pyrrole nitrogens is 1. The van der Waals surface area contributed by atoms with E-state index in [0.717, 1.165) is 5.75 Å². The minimum atomic E-state index is -0.352. The van der Waals surface area contributed by atoms with E-state index in [1.807, 2.05) is 24.3 Å². The Kier molecular flexibility index (Phi) is 6.17. The summed E-state index contributed by atoms with van der Waals surface area (Å²) < 4.78 is 20.8. The highest BCUT2D eigenvalue weighted by molar-refractivity contribution is 7.71. The zero-order valence-electron chi connectivity index (χ0n) is 16.7. The van der Waals surface area contributed by atoms with E-state index in [-0.39, 0.29) is 17.1 Å². The van der Waals surface area contributed by atoms with Gasteiger partial charge < -0.3 is 15.0 Å². The number of imidazole rings is 1. The highest BCUT2D eigenvalue weighted by Crippen LogP contribution is 2.24. The van der Waals surface area contributed by atoms with Crippen LogP contribution in [-0.4, -0.2) is 28.6 Å². The Morgan fingerprint density at radius 1 is 1.14 bits per heavy atom. The predicted molar refractivity (Wildman–Crippen MR) is 114 cm³/mol. The van der Waals surface area contributed by atoms with Gasteiger partial charge in [-0.3, -0.25) is 9.36 Å². The Morgan fingerprint density at radius 3 is 2.41 bits per heavy atom. The van der Waals surface area contributed by atoms with Gasteiger partial charge in [-0.1, -0.05) is 32.9 Å². The van der Waals surface area contributed by atoms with E-state index in [4.69, 9.17) is 17.0 Å². The van der Waals surface area contributed by atoms with Crippen molar-refractivity contribution in [2.75, 3.05) is 13.2 Å². The van der Waals surface area contributed by atoms with Crippen molar-refractivity contribution in [3.8, 4) is 11.4 Å². The number of carbonyl (C=O) groups is 1. The minimum absolute atomic E-state index is 0.0898. The van der Waals surface area contributed by atoms with Crippen LogP contribution >= 0.6 is 12.2 Å². The van der Waals surface area contributed by atoms with Gasteiger partial charge in [-0.05, 0) is 59.6 Å². The van der Waals surface area contributed by atoms with Crippen LogP contribution in [0.15, 0.2) is 54.7 Å². The van der Waals surface area contributed by atoms with E-state index in [2.05, 4.69) is 31.1 Å². The molecule has 0 atom stereocenters. The number of rotatable bonds is 6. The summed E-state index contributed by atoms with van der Waals surface area (Å²) >= 11 is 5.25. The lowest BCUT2D eigenvalue weighted by Crippen LogP contribution is -2.29. The highest BCUT2D eigenvalue weighted by atomic mass is 32.1. The van der Waals surface area contributed by atoms with Crippen molar-refractivity contribution >= 4 is 18.1 Å². The molecule has 0 fully saturated rings. The summed E-state index contributed by atoms with van der Waals surface area (Å²) in [5.74, 6) is 0.103.